The number of benzene rings is 4. The minimum atomic E-state index is -4.84. The van der Waals surface area contributed by atoms with Gasteiger partial charge in [0.1, 0.15) is 0 Å². The smallest absolute Gasteiger partial charge is 0.399 e. The van der Waals surface area contributed by atoms with E-state index in [-0.39, 0.29) is 11.4 Å². The highest BCUT2D eigenvalue weighted by Crippen LogP contribution is 2.43. The molecule has 200 valence electrons. The predicted molar refractivity (Wildman–Crippen MR) is 141 cm³/mol. The maximum atomic E-state index is 13.1. The van der Waals surface area contributed by atoms with Crippen LogP contribution in [0.5, 0.6) is 0 Å². The van der Waals surface area contributed by atoms with E-state index in [2.05, 4.69) is 26.0 Å². The summed E-state index contributed by atoms with van der Waals surface area (Å²) in [5, 5.41) is 0. The first-order valence-corrected chi connectivity index (χ1v) is 11.2. The normalized spacial score (nSPS) is 11.6. The first kappa shape index (κ1) is 28.2. The van der Waals surface area contributed by atoms with Gasteiger partial charge in [0.2, 0.25) is 0 Å². The first-order chi connectivity index (χ1) is 17.6. The second-order valence-electron chi connectivity index (χ2n) is 8.75. The highest BCUT2D eigenvalue weighted by molar-refractivity contribution is 5.76. The molecule has 0 aliphatic rings. The number of anilines is 4. The van der Waals surface area contributed by atoms with Gasteiger partial charge in [-0.05, 0) is 95.8 Å². The highest BCUT2D eigenvalue weighted by Gasteiger charge is 2.38. The summed E-state index contributed by atoms with van der Waals surface area (Å²) in [5.74, 6) is 0. The molecule has 4 rings (SSSR count). The topological polar surface area (TPSA) is 104 Å². The summed E-state index contributed by atoms with van der Waals surface area (Å²) in [6, 6.07) is 17.2. The third kappa shape index (κ3) is 6.50. The van der Waals surface area contributed by atoms with E-state index in [0.717, 1.165) is 35.6 Å². The number of aryl methyl sites for hydroxylation is 2. The maximum absolute atomic E-state index is 13.1. The second kappa shape index (κ2) is 10.6. The van der Waals surface area contributed by atoms with Crippen LogP contribution in [0.25, 0.3) is 22.3 Å². The lowest BCUT2D eigenvalue weighted by atomic mass is 9.94. The molecule has 0 saturated carbocycles. The van der Waals surface area contributed by atoms with Crippen LogP contribution in [0.3, 0.4) is 0 Å². The second-order valence-corrected chi connectivity index (χ2v) is 8.75. The van der Waals surface area contributed by atoms with Gasteiger partial charge in [-0.15, -0.1) is 0 Å². The van der Waals surface area contributed by atoms with Gasteiger partial charge in [0.15, 0.2) is 0 Å². The molecule has 0 bridgehead atoms. The zero-order valence-electron chi connectivity index (χ0n) is 20.5. The van der Waals surface area contributed by atoms with Gasteiger partial charge in [0, 0.05) is 22.7 Å². The molecular weight excluding hydrogens is 506 g/mol. The van der Waals surface area contributed by atoms with Crippen LogP contribution in [0.2, 0.25) is 0 Å². The molecule has 0 heterocycles. The average Bonchev–Trinajstić information content (AvgIpc) is 2.79. The van der Waals surface area contributed by atoms with Crippen LogP contribution in [0.15, 0.2) is 72.8 Å². The summed E-state index contributed by atoms with van der Waals surface area (Å²) in [7, 11) is 0. The Balaban J connectivity index is 0.000000221. The largest absolute Gasteiger partial charge is 0.417 e. The fourth-order valence-electron chi connectivity index (χ4n) is 4.04. The Morgan fingerprint density at radius 2 is 0.684 bits per heavy atom. The monoisotopic (exact) mass is 532 g/mol. The van der Waals surface area contributed by atoms with Crippen LogP contribution in [-0.4, -0.2) is 0 Å². The summed E-state index contributed by atoms with van der Waals surface area (Å²) in [6.07, 6.45) is -9.68. The van der Waals surface area contributed by atoms with E-state index in [1.807, 2.05) is 24.3 Å². The van der Waals surface area contributed by atoms with Crippen molar-refractivity contribution in [2.24, 2.45) is 0 Å². The lowest BCUT2D eigenvalue weighted by Crippen LogP contribution is -2.12. The van der Waals surface area contributed by atoms with Crippen LogP contribution < -0.4 is 22.9 Å². The van der Waals surface area contributed by atoms with E-state index in [1.165, 1.54) is 22.3 Å². The summed E-state index contributed by atoms with van der Waals surface area (Å²) in [4.78, 5) is 0. The van der Waals surface area contributed by atoms with Crippen LogP contribution in [0, 0.1) is 13.8 Å². The number of hydrogen-bond donors (Lipinski definition) is 4. The molecule has 0 saturated heterocycles. The molecule has 8 N–H and O–H groups in total. The molecule has 0 atom stereocenters. The van der Waals surface area contributed by atoms with Crippen molar-refractivity contribution in [3.05, 3.63) is 95.1 Å². The fraction of sp³-hybridized carbons (Fsp3) is 0.143. The summed E-state index contributed by atoms with van der Waals surface area (Å²) >= 11 is 0. The van der Waals surface area contributed by atoms with Gasteiger partial charge in [0.05, 0.1) is 11.1 Å². The minimum absolute atomic E-state index is 0.194. The maximum Gasteiger partial charge on any atom is 0.417 e. The molecule has 0 spiro atoms. The molecular formula is C28H26F6N4. The van der Waals surface area contributed by atoms with Gasteiger partial charge >= 0.3 is 12.4 Å². The van der Waals surface area contributed by atoms with E-state index in [4.69, 9.17) is 22.9 Å². The standard InChI is InChI=1S/C14H10F6N2.C14H16N2/c15-13(16,17)11-5-7(21)1-3-9(11)10-4-2-8(22)6-12(10)14(18,19)20;1-9-7-11(15)3-5-13(9)14-6-4-12(16)8-10(14)2/h1-6H,21-22H2;3-8H,15-16H2,1-2H3. The molecule has 0 aliphatic heterocycles. The van der Waals surface area contributed by atoms with Gasteiger partial charge in [-0.25, -0.2) is 0 Å². The minimum Gasteiger partial charge on any atom is -0.399 e. The van der Waals surface area contributed by atoms with Gasteiger partial charge in [-0.3, -0.25) is 0 Å². The molecule has 0 fully saturated rings. The first-order valence-electron chi connectivity index (χ1n) is 11.2. The SMILES string of the molecule is Cc1cc(N)ccc1-c1ccc(N)cc1C.Nc1ccc(-c2ccc(N)cc2C(F)(F)F)c(C(F)(F)F)c1. The molecule has 0 aromatic heterocycles. The van der Waals surface area contributed by atoms with Crippen molar-refractivity contribution in [3.63, 3.8) is 0 Å². The Bertz CT molecular complexity index is 1350. The van der Waals surface area contributed by atoms with E-state index in [1.54, 1.807) is 0 Å². The third-order valence-corrected chi connectivity index (χ3v) is 5.78. The lowest BCUT2D eigenvalue weighted by Gasteiger charge is -2.18. The zero-order valence-corrected chi connectivity index (χ0v) is 20.5. The number of halogens is 6. The molecule has 4 aromatic carbocycles. The fourth-order valence-corrected chi connectivity index (χ4v) is 4.04. The zero-order chi connectivity index (χ0) is 28.4. The van der Waals surface area contributed by atoms with Crippen molar-refractivity contribution in [2.75, 3.05) is 22.9 Å². The quantitative estimate of drug-likeness (QED) is 0.157. The van der Waals surface area contributed by atoms with Crippen LogP contribution in [0.4, 0.5) is 49.1 Å². The Morgan fingerprint density at radius 3 is 0.947 bits per heavy atom. The van der Waals surface area contributed by atoms with E-state index >= 15 is 0 Å². The number of rotatable bonds is 2. The van der Waals surface area contributed by atoms with Crippen LogP contribution in [-0.2, 0) is 12.4 Å². The summed E-state index contributed by atoms with van der Waals surface area (Å²) in [5.41, 5.74) is 24.5. The summed E-state index contributed by atoms with van der Waals surface area (Å²) in [6.45, 7) is 4.14. The van der Waals surface area contributed by atoms with E-state index < -0.39 is 34.6 Å². The van der Waals surface area contributed by atoms with Crippen molar-refractivity contribution in [1.29, 1.82) is 0 Å². The molecule has 4 nitrogen and oxygen atoms in total. The highest BCUT2D eigenvalue weighted by atomic mass is 19.4. The van der Waals surface area contributed by atoms with E-state index in [0.29, 0.717) is 12.1 Å². The van der Waals surface area contributed by atoms with Gasteiger partial charge in [-0.2, -0.15) is 26.3 Å². The van der Waals surface area contributed by atoms with Crippen molar-refractivity contribution in [2.45, 2.75) is 26.2 Å². The van der Waals surface area contributed by atoms with Crippen LogP contribution >= 0.6 is 0 Å². The van der Waals surface area contributed by atoms with Crippen molar-refractivity contribution in [3.8, 4) is 22.3 Å². The molecule has 4 aromatic rings. The Kier molecular flexibility index (Phi) is 7.85. The van der Waals surface area contributed by atoms with Crippen LogP contribution in [0.1, 0.15) is 22.3 Å². The van der Waals surface area contributed by atoms with Gasteiger partial charge < -0.3 is 22.9 Å². The Labute approximate surface area is 215 Å². The van der Waals surface area contributed by atoms with Crippen molar-refractivity contribution in [1.82, 2.24) is 0 Å². The molecule has 0 unspecified atom stereocenters. The third-order valence-electron chi connectivity index (χ3n) is 5.78. The Hall–Kier alpha value is -4.34. The molecule has 38 heavy (non-hydrogen) atoms. The van der Waals surface area contributed by atoms with Crippen molar-refractivity contribution >= 4 is 22.7 Å². The lowest BCUT2D eigenvalue weighted by molar-refractivity contribution is -0.139. The number of alkyl halides is 6. The Morgan fingerprint density at radius 1 is 0.421 bits per heavy atom. The summed E-state index contributed by atoms with van der Waals surface area (Å²) < 4.78 is 78.4. The number of nitrogen functional groups attached to an aromatic ring is 4. The van der Waals surface area contributed by atoms with E-state index in [9.17, 15) is 26.3 Å². The average molecular weight is 533 g/mol. The molecule has 10 heteroatoms. The van der Waals surface area contributed by atoms with Gasteiger partial charge in [-0.1, -0.05) is 24.3 Å². The number of nitrogens with two attached hydrogens (primary N) is 4. The molecule has 0 radical (unpaired) electrons. The molecule has 0 amide bonds. The predicted octanol–water partition coefficient (Wildman–Crippen LogP) is 7.69. The number of hydrogen-bond acceptors (Lipinski definition) is 4. The van der Waals surface area contributed by atoms with Crippen molar-refractivity contribution < 1.29 is 26.3 Å². The van der Waals surface area contributed by atoms with Gasteiger partial charge in [0.25, 0.3) is 0 Å². The molecule has 0 aliphatic carbocycles.